The molecule has 0 aromatic carbocycles. The molecule has 0 unspecified atom stereocenters. The number of nitrogens with one attached hydrogen (secondary N) is 1. The van der Waals surface area contributed by atoms with Gasteiger partial charge in [0.15, 0.2) is 0 Å². The van der Waals surface area contributed by atoms with Gasteiger partial charge in [-0.15, -0.1) is 0 Å². The first-order valence-electron chi connectivity index (χ1n) is 6.23. The van der Waals surface area contributed by atoms with Crippen LogP contribution in [0.3, 0.4) is 0 Å². The standard InChI is InChI=1S/C13H18N2O3/c1-8-10(13(17)18)7-11(14-2)12(16)15(8)9-5-3-4-6-9/h7,9,14H,3-6H2,1-2H3,(H,17,18). The van der Waals surface area contributed by atoms with Crippen LogP contribution in [0.2, 0.25) is 0 Å². The highest BCUT2D eigenvalue weighted by atomic mass is 16.4. The monoisotopic (exact) mass is 250 g/mol. The van der Waals surface area contributed by atoms with Crippen molar-refractivity contribution >= 4 is 11.7 Å². The van der Waals surface area contributed by atoms with Gasteiger partial charge in [-0.1, -0.05) is 12.8 Å². The largest absolute Gasteiger partial charge is 0.478 e. The van der Waals surface area contributed by atoms with Gasteiger partial charge in [0.25, 0.3) is 5.56 Å². The Kier molecular flexibility index (Phi) is 3.41. The van der Waals surface area contributed by atoms with Crippen LogP contribution >= 0.6 is 0 Å². The minimum atomic E-state index is -0.990. The van der Waals surface area contributed by atoms with Gasteiger partial charge in [-0.05, 0) is 25.8 Å². The van der Waals surface area contributed by atoms with Gasteiger partial charge < -0.3 is 15.0 Å². The maximum Gasteiger partial charge on any atom is 0.337 e. The number of pyridine rings is 1. The highest BCUT2D eigenvalue weighted by Gasteiger charge is 2.23. The quantitative estimate of drug-likeness (QED) is 0.860. The molecule has 0 saturated heterocycles. The molecule has 1 aliphatic rings. The smallest absolute Gasteiger partial charge is 0.337 e. The van der Waals surface area contributed by atoms with E-state index in [4.69, 9.17) is 0 Å². The first-order chi connectivity index (χ1) is 8.56. The Morgan fingerprint density at radius 3 is 2.56 bits per heavy atom. The van der Waals surface area contributed by atoms with Crippen LogP contribution in [-0.4, -0.2) is 22.7 Å². The third-order valence-electron chi connectivity index (χ3n) is 3.68. The zero-order valence-electron chi connectivity index (χ0n) is 10.7. The van der Waals surface area contributed by atoms with Crippen molar-refractivity contribution in [3.05, 3.63) is 27.7 Å². The van der Waals surface area contributed by atoms with Crippen LogP contribution in [0.1, 0.15) is 47.8 Å². The molecule has 18 heavy (non-hydrogen) atoms. The van der Waals surface area contributed by atoms with Crippen molar-refractivity contribution in [3.8, 4) is 0 Å². The van der Waals surface area contributed by atoms with E-state index in [-0.39, 0.29) is 17.2 Å². The van der Waals surface area contributed by atoms with Gasteiger partial charge in [0.05, 0.1) is 5.56 Å². The van der Waals surface area contributed by atoms with Crippen LogP contribution in [0.4, 0.5) is 5.69 Å². The molecule has 0 radical (unpaired) electrons. The van der Waals surface area contributed by atoms with E-state index < -0.39 is 5.97 Å². The summed E-state index contributed by atoms with van der Waals surface area (Å²) < 4.78 is 1.66. The van der Waals surface area contributed by atoms with Crippen molar-refractivity contribution in [3.63, 3.8) is 0 Å². The molecule has 1 aliphatic carbocycles. The number of carboxylic acid groups (broad SMARTS) is 1. The molecule has 5 heteroatoms. The molecule has 5 nitrogen and oxygen atoms in total. The summed E-state index contributed by atoms with van der Waals surface area (Å²) in [4.78, 5) is 23.5. The van der Waals surface area contributed by atoms with E-state index in [0.29, 0.717) is 11.4 Å². The molecular formula is C13H18N2O3. The maximum absolute atomic E-state index is 12.3. The van der Waals surface area contributed by atoms with Crippen molar-refractivity contribution in [1.82, 2.24) is 4.57 Å². The Morgan fingerprint density at radius 2 is 2.06 bits per heavy atom. The lowest BCUT2D eigenvalue weighted by Crippen LogP contribution is -2.29. The second kappa shape index (κ2) is 4.84. The molecule has 1 aromatic heterocycles. The fourth-order valence-electron chi connectivity index (χ4n) is 2.72. The topological polar surface area (TPSA) is 71.3 Å². The van der Waals surface area contributed by atoms with E-state index in [2.05, 4.69) is 5.32 Å². The van der Waals surface area contributed by atoms with E-state index in [1.807, 2.05) is 0 Å². The number of aromatic carboxylic acids is 1. The molecule has 0 aliphatic heterocycles. The van der Waals surface area contributed by atoms with Crippen molar-refractivity contribution in [2.75, 3.05) is 12.4 Å². The predicted octanol–water partition coefficient (Wildman–Crippen LogP) is 2.01. The second-order valence-corrected chi connectivity index (χ2v) is 4.73. The van der Waals surface area contributed by atoms with Crippen LogP contribution in [0.15, 0.2) is 10.9 Å². The van der Waals surface area contributed by atoms with Crippen molar-refractivity contribution in [2.24, 2.45) is 0 Å². The molecule has 1 heterocycles. The third kappa shape index (κ3) is 2.00. The fourth-order valence-corrected chi connectivity index (χ4v) is 2.72. The highest BCUT2D eigenvalue weighted by Crippen LogP contribution is 2.30. The number of hydrogen-bond donors (Lipinski definition) is 2. The summed E-state index contributed by atoms with van der Waals surface area (Å²) in [7, 11) is 1.64. The molecule has 98 valence electrons. The number of anilines is 1. The van der Waals surface area contributed by atoms with Gasteiger partial charge >= 0.3 is 5.97 Å². The van der Waals surface area contributed by atoms with Crippen LogP contribution in [0.5, 0.6) is 0 Å². The van der Waals surface area contributed by atoms with E-state index in [9.17, 15) is 14.7 Å². The normalized spacial score (nSPS) is 15.9. The van der Waals surface area contributed by atoms with Crippen LogP contribution < -0.4 is 10.9 Å². The summed E-state index contributed by atoms with van der Waals surface area (Å²) in [5.41, 5.74) is 0.987. The van der Waals surface area contributed by atoms with E-state index >= 15 is 0 Å². The number of nitrogens with zero attached hydrogens (tertiary/aromatic N) is 1. The molecule has 0 spiro atoms. The lowest BCUT2D eigenvalue weighted by Gasteiger charge is -2.20. The zero-order chi connectivity index (χ0) is 13.3. The SMILES string of the molecule is CNc1cc(C(=O)O)c(C)n(C2CCCC2)c1=O. The minimum Gasteiger partial charge on any atom is -0.478 e. The Balaban J connectivity index is 2.65. The summed E-state index contributed by atoms with van der Waals surface area (Å²) in [5.74, 6) is -0.990. The van der Waals surface area contributed by atoms with Gasteiger partial charge in [0.2, 0.25) is 0 Å². The summed E-state index contributed by atoms with van der Waals surface area (Å²) in [6, 6.07) is 1.56. The fraction of sp³-hybridized carbons (Fsp3) is 0.538. The number of hydrogen-bond acceptors (Lipinski definition) is 3. The first kappa shape index (κ1) is 12.7. The second-order valence-electron chi connectivity index (χ2n) is 4.73. The van der Waals surface area contributed by atoms with Crippen molar-refractivity contribution in [2.45, 2.75) is 38.6 Å². The van der Waals surface area contributed by atoms with Crippen molar-refractivity contribution < 1.29 is 9.90 Å². The number of carbonyl (C=O) groups is 1. The summed E-state index contributed by atoms with van der Waals surface area (Å²) in [6.45, 7) is 1.71. The highest BCUT2D eigenvalue weighted by molar-refractivity contribution is 5.90. The summed E-state index contributed by atoms with van der Waals surface area (Å²) >= 11 is 0. The first-order valence-corrected chi connectivity index (χ1v) is 6.23. The Morgan fingerprint density at radius 1 is 1.44 bits per heavy atom. The molecule has 2 rings (SSSR count). The van der Waals surface area contributed by atoms with Gasteiger partial charge in [0.1, 0.15) is 5.69 Å². The zero-order valence-corrected chi connectivity index (χ0v) is 10.7. The molecule has 0 bridgehead atoms. The van der Waals surface area contributed by atoms with Crippen LogP contribution in [0.25, 0.3) is 0 Å². The van der Waals surface area contributed by atoms with Gasteiger partial charge in [-0.25, -0.2) is 4.79 Å². The molecule has 2 N–H and O–H groups in total. The Hall–Kier alpha value is -1.78. The van der Waals surface area contributed by atoms with E-state index in [0.717, 1.165) is 25.7 Å². The third-order valence-corrected chi connectivity index (χ3v) is 3.68. The lowest BCUT2D eigenvalue weighted by molar-refractivity contribution is 0.0694. The number of rotatable bonds is 3. The summed E-state index contributed by atoms with van der Waals surface area (Å²) in [5, 5.41) is 12.0. The van der Waals surface area contributed by atoms with E-state index in [1.54, 1.807) is 18.5 Å². The maximum atomic E-state index is 12.3. The van der Waals surface area contributed by atoms with Crippen LogP contribution in [0, 0.1) is 6.92 Å². The molecule has 1 aromatic rings. The summed E-state index contributed by atoms with van der Waals surface area (Å²) in [6.07, 6.45) is 4.10. The van der Waals surface area contributed by atoms with Gasteiger partial charge in [-0.3, -0.25) is 4.79 Å². The molecule has 1 saturated carbocycles. The number of aromatic nitrogens is 1. The van der Waals surface area contributed by atoms with Gasteiger partial charge in [0, 0.05) is 18.8 Å². The van der Waals surface area contributed by atoms with Crippen LogP contribution in [-0.2, 0) is 0 Å². The molecule has 1 fully saturated rings. The van der Waals surface area contributed by atoms with Gasteiger partial charge in [-0.2, -0.15) is 0 Å². The Bertz CT molecular complexity index is 528. The molecular weight excluding hydrogens is 232 g/mol. The average molecular weight is 250 g/mol. The minimum absolute atomic E-state index is 0.119. The average Bonchev–Trinajstić information content (AvgIpc) is 2.82. The lowest BCUT2D eigenvalue weighted by atomic mass is 10.1. The molecule has 0 atom stereocenters. The van der Waals surface area contributed by atoms with Crippen molar-refractivity contribution in [1.29, 1.82) is 0 Å². The van der Waals surface area contributed by atoms with E-state index in [1.165, 1.54) is 6.07 Å². The molecule has 0 amide bonds. The predicted molar refractivity (Wildman–Crippen MR) is 69.5 cm³/mol. The Labute approximate surface area is 105 Å². The number of carboxylic acids is 1.